The third kappa shape index (κ3) is 3.68. The smallest absolute Gasteiger partial charge is 0.244 e. The molecule has 1 aromatic heterocycles. The third-order valence-electron chi connectivity index (χ3n) is 3.33. The second-order valence-electron chi connectivity index (χ2n) is 5.06. The third-order valence-corrected chi connectivity index (χ3v) is 3.33. The number of ether oxygens (including phenoxy) is 1. The van der Waals surface area contributed by atoms with Crippen LogP contribution in [0.15, 0.2) is 12.4 Å². The van der Waals surface area contributed by atoms with Gasteiger partial charge in [0.25, 0.3) is 0 Å². The maximum absolute atomic E-state index is 12.0. The highest BCUT2D eigenvalue weighted by Gasteiger charge is 2.32. The first-order valence-corrected chi connectivity index (χ1v) is 6.30. The van der Waals surface area contributed by atoms with Gasteiger partial charge in [-0.1, -0.05) is 0 Å². The number of rotatable bonds is 4. The van der Waals surface area contributed by atoms with Crippen molar-refractivity contribution in [2.75, 3.05) is 32.5 Å². The zero-order valence-electron chi connectivity index (χ0n) is 11.1. The van der Waals surface area contributed by atoms with Gasteiger partial charge in [-0.2, -0.15) is 5.10 Å². The van der Waals surface area contributed by atoms with Crippen molar-refractivity contribution in [3.8, 4) is 0 Å². The van der Waals surface area contributed by atoms with E-state index in [1.165, 1.54) is 15.8 Å². The minimum absolute atomic E-state index is 0.108. The van der Waals surface area contributed by atoms with E-state index in [1.54, 1.807) is 13.2 Å². The van der Waals surface area contributed by atoms with Crippen molar-refractivity contribution in [1.82, 2.24) is 14.7 Å². The summed E-state index contributed by atoms with van der Waals surface area (Å²) in [4.78, 5) is 13.6. The molecule has 1 amide bonds. The van der Waals surface area contributed by atoms with Crippen molar-refractivity contribution in [1.29, 1.82) is 0 Å². The number of hydrogen-bond acceptors (Lipinski definition) is 5. The molecule has 0 saturated carbocycles. The van der Waals surface area contributed by atoms with Gasteiger partial charge in [0.1, 0.15) is 6.54 Å². The van der Waals surface area contributed by atoms with Gasteiger partial charge < -0.3 is 20.5 Å². The lowest BCUT2D eigenvalue weighted by atomic mass is 9.94. The number of aromatic nitrogens is 2. The van der Waals surface area contributed by atoms with Crippen molar-refractivity contribution in [2.45, 2.75) is 25.0 Å². The van der Waals surface area contributed by atoms with E-state index >= 15 is 0 Å². The van der Waals surface area contributed by atoms with Gasteiger partial charge in [-0.25, -0.2) is 0 Å². The number of likely N-dealkylation sites (N-methyl/N-ethyl adjacent to an activating group) is 1. The number of nitrogen functional groups attached to an aromatic ring is 1. The highest BCUT2D eigenvalue weighted by atomic mass is 16.5. The van der Waals surface area contributed by atoms with Gasteiger partial charge in [-0.15, -0.1) is 0 Å². The molecule has 0 aliphatic carbocycles. The molecule has 7 heteroatoms. The normalized spacial score (nSPS) is 18.2. The summed E-state index contributed by atoms with van der Waals surface area (Å²) in [5.41, 5.74) is 5.22. The summed E-state index contributed by atoms with van der Waals surface area (Å²) in [6.45, 7) is 1.51. The van der Waals surface area contributed by atoms with Crippen LogP contribution in [0.1, 0.15) is 12.8 Å². The molecule has 1 fully saturated rings. The highest BCUT2D eigenvalue weighted by molar-refractivity contribution is 5.75. The van der Waals surface area contributed by atoms with E-state index in [2.05, 4.69) is 5.10 Å². The van der Waals surface area contributed by atoms with Crippen molar-refractivity contribution in [3.05, 3.63) is 12.4 Å². The van der Waals surface area contributed by atoms with Crippen LogP contribution in [-0.4, -0.2) is 58.1 Å². The second-order valence-corrected chi connectivity index (χ2v) is 5.06. The Balaban J connectivity index is 1.88. The van der Waals surface area contributed by atoms with Gasteiger partial charge in [0.05, 0.1) is 17.5 Å². The van der Waals surface area contributed by atoms with Gasteiger partial charge in [0.2, 0.25) is 5.91 Å². The van der Waals surface area contributed by atoms with Crippen LogP contribution in [0, 0.1) is 0 Å². The van der Waals surface area contributed by atoms with Gasteiger partial charge in [0, 0.05) is 45.8 Å². The average molecular weight is 268 g/mol. The monoisotopic (exact) mass is 268 g/mol. The molecular formula is C12H20N4O3. The summed E-state index contributed by atoms with van der Waals surface area (Å²) in [5.74, 6) is -0.108. The van der Waals surface area contributed by atoms with Crippen LogP contribution in [0.4, 0.5) is 5.69 Å². The standard InChI is InChI=1S/C12H20N4O3/c1-15(9-12(18)2-4-19-5-3-12)11(17)8-16-7-10(13)6-14-16/h6-7,18H,2-5,8-9,13H2,1H3. The number of nitrogens with two attached hydrogens (primary N) is 1. The molecule has 7 nitrogen and oxygen atoms in total. The SMILES string of the molecule is CN(CC1(O)CCOCC1)C(=O)Cn1cc(N)cn1. The first-order chi connectivity index (χ1) is 8.98. The number of carbonyl (C=O) groups excluding carboxylic acids is 1. The summed E-state index contributed by atoms with van der Waals surface area (Å²) < 4.78 is 6.70. The molecule has 2 rings (SSSR count). The van der Waals surface area contributed by atoms with Crippen molar-refractivity contribution in [2.24, 2.45) is 0 Å². The summed E-state index contributed by atoms with van der Waals surface area (Å²) >= 11 is 0. The Morgan fingerprint density at radius 1 is 1.63 bits per heavy atom. The molecule has 0 aromatic carbocycles. The molecule has 2 heterocycles. The van der Waals surface area contributed by atoms with Crippen LogP contribution >= 0.6 is 0 Å². The topological polar surface area (TPSA) is 93.6 Å². The summed E-state index contributed by atoms with van der Waals surface area (Å²) in [6.07, 6.45) is 4.22. The van der Waals surface area contributed by atoms with Crippen LogP contribution in [-0.2, 0) is 16.1 Å². The maximum Gasteiger partial charge on any atom is 0.244 e. The number of amides is 1. The minimum atomic E-state index is -0.841. The van der Waals surface area contributed by atoms with Crippen LogP contribution in [0.3, 0.4) is 0 Å². The number of hydrogen-bond donors (Lipinski definition) is 2. The Bertz CT molecular complexity index is 440. The number of anilines is 1. The largest absolute Gasteiger partial charge is 0.396 e. The zero-order chi connectivity index (χ0) is 13.9. The molecule has 0 atom stereocenters. The van der Waals surface area contributed by atoms with E-state index < -0.39 is 5.60 Å². The molecule has 19 heavy (non-hydrogen) atoms. The van der Waals surface area contributed by atoms with Gasteiger partial charge in [-0.3, -0.25) is 9.48 Å². The molecule has 1 aliphatic rings. The fraction of sp³-hybridized carbons (Fsp3) is 0.667. The summed E-state index contributed by atoms with van der Waals surface area (Å²) in [6, 6.07) is 0. The Kier molecular flexibility index (Phi) is 4.06. The van der Waals surface area contributed by atoms with Crippen LogP contribution in [0.5, 0.6) is 0 Å². The molecule has 1 aromatic rings. The Morgan fingerprint density at radius 3 is 2.89 bits per heavy atom. The Labute approximate surface area is 111 Å². The van der Waals surface area contributed by atoms with Gasteiger partial charge in [-0.05, 0) is 0 Å². The Hall–Kier alpha value is -1.60. The predicted molar refractivity (Wildman–Crippen MR) is 69.3 cm³/mol. The van der Waals surface area contributed by atoms with E-state index in [-0.39, 0.29) is 12.5 Å². The molecule has 0 radical (unpaired) electrons. The first kappa shape index (κ1) is 13.8. The molecule has 3 N–H and O–H groups in total. The predicted octanol–water partition coefficient (Wildman–Crippen LogP) is -0.535. The fourth-order valence-corrected chi connectivity index (χ4v) is 2.16. The van der Waals surface area contributed by atoms with E-state index in [4.69, 9.17) is 10.5 Å². The van der Waals surface area contributed by atoms with E-state index in [9.17, 15) is 9.90 Å². The van der Waals surface area contributed by atoms with Gasteiger partial charge in [0.15, 0.2) is 0 Å². The lowest BCUT2D eigenvalue weighted by Gasteiger charge is -2.35. The lowest BCUT2D eigenvalue weighted by molar-refractivity contribution is -0.137. The molecule has 106 valence electrons. The summed E-state index contributed by atoms with van der Waals surface area (Å²) in [5, 5.41) is 14.3. The molecule has 0 spiro atoms. The van der Waals surface area contributed by atoms with Crippen molar-refractivity contribution in [3.63, 3.8) is 0 Å². The summed E-state index contributed by atoms with van der Waals surface area (Å²) in [7, 11) is 1.68. The van der Waals surface area contributed by atoms with E-state index in [0.29, 0.717) is 38.3 Å². The lowest BCUT2D eigenvalue weighted by Crippen LogP contribution is -2.48. The van der Waals surface area contributed by atoms with Crippen molar-refractivity contribution >= 4 is 11.6 Å². The van der Waals surface area contributed by atoms with E-state index in [1.807, 2.05) is 0 Å². The number of nitrogens with zero attached hydrogens (tertiary/aromatic N) is 3. The second kappa shape index (κ2) is 5.58. The molecule has 0 unspecified atom stereocenters. The molecule has 1 saturated heterocycles. The molecular weight excluding hydrogens is 248 g/mol. The van der Waals surface area contributed by atoms with Gasteiger partial charge >= 0.3 is 0 Å². The molecule has 1 aliphatic heterocycles. The average Bonchev–Trinajstić information content (AvgIpc) is 2.75. The van der Waals surface area contributed by atoms with Crippen molar-refractivity contribution < 1.29 is 14.6 Å². The fourth-order valence-electron chi connectivity index (χ4n) is 2.16. The number of carbonyl (C=O) groups is 1. The maximum atomic E-state index is 12.0. The van der Waals surface area contributed by atoms with Crippen LogP contribution in [0.2, 0.25) is 0 Å². The van der Waals surface area contributed by atoms with Crippen LogP contribution < -0.4 is 5.73 Å². The first-order valence-electron chi connectivity index (χ1n) is 6.30. The Morgan fingerprint density at radius 2 is 2.32 bits per heavy atom. The van der Waals surface area contributed by atoms with Crippen LogP contribution in [0.25, 0.3) is 0 Å². The zero-order valence-corrected chi connectivity index (χ0v) is 11.1. The minimum Gasteiger partial charge on any atom is -0.396 e. The molecule has 0 bridgehead atoms. The van der Waals surface area contributed by atoms with E-state index in [0.717, 1.165) is 0 Å². The number of aliphatic hydroxyl groups is 1. The quantitative estimate of drug-likeness (QED) is 0.765. The highest BCUT2D eigenvalue weighted by Crippen LogP contribution is 2.21.